The third kappa shape index (κ3) is 3.27. The van der Waals surface area contributed by atoms with Crippen molar-refractivity contribution in [2.24, 2.45) is 62.6 Å². The predicted molar refractivity (Wildman–Crippen MR) is 149 cm³/mol. The summed E-state index contributed by atoms with van der Waals surface area (Å²) in [6.07, 6.45) is 16.3. The van der Waals surface area contributed by atoms with Crippen LogP contribution in [0.15, 0.2) is 12.2 Å². The third-order valence-electron chi connectivity index (χ3n) is 14.5. The van der Waals surface area contributed by atoms with E-state index in [1.807, 2.05) is 7.11 Å². The van der Waals surface area contributed by atoms with Gasteiger partial charge in [0.15, 0.2) is 0 Å². The lowest BCUT2D eigenvalue weighted by atomic mass is 9.41. The molecule has 0 aromatic carbocycles. The van der Waals surface area contributed by atoms with E-state index in [9.17, 15) is 0 Å². The van der Waals surface area contributed by atoms with Gasteiger partial charge in [-0.05, 0) is 133 Å². The van der Waals surface area contributed by atoms with Crippen LogP contribution in [0.2, 0.25) is 0 Å². The molecule has 5 aliphatic carbocycles. The molecule has 2 unspecified atom stereocenters. The number of hydrogen-bond acceptors (Lipinski definition) is 1. The van der Waals surface area contributed by atoms with E-state index in [0.29, 0.717) is 45.0 Å². The Kier molecular flexibility index (Phi) is 6.28. The molecule has 200 valence electrons. The minimum atomic E-state index is 0.337. The second-order valence-corrected chi connectivity index (χ2v) is 15.8. The van der Waals surface area contributed by atoms with Gasteiger partial charge in [0.25, 0.3) is 0 Å². The number of hydrogen-bond donors (Lipinski definition) is 0. The maximum Gasteiger partial charge on any atom is 0.0625 e. The van der Waals surface area contributed by atoms with Crippen LogP contribution in [0.5, 0.6) is 0 Å². The number of allylic oxidation sites excluding steroid dienone is 1. The maximum atomic E-state index is 6.06. The van der Waals surface area contributed by atoms with Gasteiger partial charge in [-0.1, -0.05) is 67.5 Å². The molecule has 0 radical (unpaired) electrons. The molecule has 5 saturated carbocycles. The summed E-state index contributed by atoms with van der Waals surface area (Å²) in [4.78, 5) is 0. The quantitative estimate of drug-likeness (QED) is 0.328. The Morgan fingerprint density at radius 1 is 0.857 bits per heavy atom. The first-order chi connectivity index (χ1) is 16.3. The molecule has 5 rings (SSSR count). The van der Waals surface area contributed by atoms with Crippen molar-refractivity contribution in [1.82, 2.24) is 0 Å². The fourth-order valence-corrected chi connectivity index (χ4v) is 12.4. The minimum Gasteiger partial charge on any atom is -0.381 e. The number of fused-ring (bicyclic) bond motifs is 2. The van der Waals surface area contributed by atoms with Crippen LogP contribution in [0.4, 0.5) is 0 Å². The Morgan fingerprint density at radius 2 is 1.51 bits per heavy atom. The molecule has 0 saturated heterocycles. The zero-order chi connectivity index (χ0) is 25.6. The Bertz CT molecular complexity index is 840. The molecule has 0 aliphatic heterocycles. The molecule has 0 heterocycles. The highest BCUT2D eigenvalue weighted by atomic mass is 16.5. The van der Waals surface area contributed by atoms with Gasteiger partial charge >= 0.3 is 0 Å². The van der Waals surface area contributed by atoms with Gasteiger partial charge in [0.2, 0.25) is 0 Å². The standard InChI is InChI=1S/C34H58O/c1-11-25(24(5)22(2)3)20-23(4)26-14-16-32(9)28-13-12-27-30(6,7)29(35-10)15-17-33(27)21-34(28,33)19-18-31(26,32)8/h22-23,25-29H,5,11-21H2,1-4,6-10H3/t23-,25+,26-,27?,28?,29+,31-,32+,33-,34+/m1/s1. The summed E-state index contributed by atoms with van der Waals surface area (Å²) in [5, 5.41) is 0. The second kappa shape index (κ2) is 8.35. The summed E-state index contributed by atoms with van der Waals surface area (Å²) in [5.74, 6) is 4.87. The summed E-state index contributed by atoms with van der Waals surface area (Å²) in [6.45, 7) is 24.9. The van der Waals surface area contributed by atoms with Gasteiger partial charge in [0.1, 0.15) is 0 Å². The van der Waals surface area contributed by atoms with Crippen LogP contribution in [-0.2, 0) is 4.74 Å². The van der Waals surface area contributed by atoms with Crippen LogP contribution in [0, 0.1) is 62.6 Å². The minimum absolute atomic E-state index is 0.337. The molecule has 10 atom stereocenters. The first-order valence-corrected chi connectivity index (χ1v) is 15.6. The van der Waals surface area contributed by atoms with Gasteiger partial charge < -0.3 is 4.74 Å². The van der Waals surface area contributed by atoms with Gasteiger partial charge in [-0.25, -0.2) is 0 Å². The monoisotopic (exact) mass is 482 g/mol. The van der Waals surface area contributed by atoms with Crippen LogP contribution in [0.1, 0.15) is 126 Å². The average molecular weight is 483 g/mol. The van der Waals surface area contributed by atoms with E-state index >= 15 is 0 Å². The molecule has 0 aromatic rings. The first kappa shape index (κ1) is 26.3. The van der Waals surface area contributed by atoms with Gasteiger partial charge in [0, 0.05) is 7.11 Å². The predicted octanol–water partition coefficient (Wildman–Crippen LogP) is 9.71. The van der Waals surface area contributed by atoms with E-state index in [0.717, 1.165) is 23.7 Å². The topological polar surface area (TPSA) is 9.23 Å². The fraction of sp³-hybridized carbons (Fsp3) is 0.941. The highest BCUT2D eigenvalue weighted by Crippen LogP contribution is 2.89. The van der Waals surface area contributed by atoms with Crippen molar-refractivity contribution in [1.29, 1.82) is 0 Å². The molecule has 2 spiro atoms. The number of ether oxygens (including phenoxy) is 1. The Hall–Kier alpha value is -0.300. The summed E-state index contributed by atoms with van der Waals surface area (Å²) in [7, 11) is 1.96. The molecule has 35 heavy (non-hydrogen) atoms. The highest BCUT2D eigenvalue weighted by molar-refractivity contribution is 5.30. The largest absolute Gasteiger partial charge is 0.381 e. The van der Waals surface area contributed by atoms with Gasteiger partial charge in [-0.3, -0.25) is 0 Å². The Morgan fingerprint density at radius 3 is 2.14 bits per heavy atom. The van der Waals surface area contributed by atoms with E-state index in [-0.39, 0.29) is 0 Å². The van der Waals surface area contributed by atoms with Crippen LogP contribution in [-0.4, -0.2) is 13.2 Å². The van der Waals surface area contributed by atoms with Crippen molar-refractivity contribution in [2.75, 3.05) is 7.11 Å². The van der Waals surface area contributed by atoms with E-state index in [1.54, 1.807) is 6.42 Å². The van der Waals surface area contributed by atoms with Crippen molar-refractivity contribution in [3.05, 3.63) is 12.2 Å². The van der Waals surface area contributed by atoms with Crippen molar-refractivity contribution in [3.63, 3.8) is 0 Å². The lowest BCUT2D eigenvalue weighted by molar-refractivity contribution is -0.166. The van der Waals surface area contributed by atoms with Crippen molar-refractivity contribution < 1.29 is 4.74 Å². The zero-order valence-corrected chi connectivity index (χ0v) is 24.9. The van der Waals surface area contributed by atoms with Crippen molar-refractivity contribution >= 4 is 0 Å². The summed E-state index contributed by atoms with van der Waals surface area (Å²) in [5.41, 5.74) is 4.21. The Balaban J connectivity index is 1.39. The first-order valence-electron chi connectivity index (χ1n) is 15.6. The van der Waals surface area contributed by atoms with Crippen LogP contribution < -0.4 is 0 Å². The van der Waals surface area contributed by atoms with Gasteiger partial charge in [-0.15, -0.1) is 0 Å². The molecule has 5 aliphatic rings. The molecule has 0 aromatic heterocycles. The third-order valence-corrected chi connectivity index (χ3v) is 14.5. The van der Waals surface area contributed by atoms with Gasteiger partial charge in [-0.2, -0.15) is 0 Å². The molecular weight excluding hydrogens is 424 g/mol. The van der Waals surface area contributed by atoms with E-state index < -0.39 is 0 Å². The summed E-state index contributed by atoms with van der Waals surface area (Å²) in [6, 6.07) is 0. The Labute approximate surface area is 218 Å². The van der Waals surface area contributed by atoms with E-state index in [2.05, 4.69) is 62.0 Å². The lowest BCUT2D eigenvalue weighted by Gasteiger charge is -2.63. The molecule has 0 N–H and O–H groups in total. The fourth-order valence-electron chi connectivity index (χ4n) is 12.4. The normalized spacial score (nSPS) is 49.4. The van der Waals surface area contributed by atoms with Crippen LogP contribution >= 0.6 is 0 Å². The smallest absolute Gasteiger partial charge is 0.0625 e. The maximum absolute atomic E-state index is 6.06. The molecule has 1 nitrogen and oxygen atoms in total. The van der Waals surface area contributed by atoms with Crippen LogP contribution in [0.3, 0.4) is 0 Å². The molecule has 5 fully saturated rings. The zero-order valence-electron chi connectivity index (χ0n) is 24.9. The highest BCUT2D eigenvalue weighted by Gasteiger charge is 2.82. The molecule has 0 amide bonds. The van der Waals surface area contributed by atoms with E-state index in [4.69, 9.17) is 4.74 Å². The second-order valence-electron chi connectivity index (χ2n) is 15.8. The number of methoxy groups -OCH3 is 1. The van der Waals surface area contributed by atoms with Crippen LogP contribution in [0.25, 0.3) is 0 Å². The summed E-state index contributed by atoms with van der Waals surface area (Å²) < 4.78 is 6.06. The van der Waals surface area contributed by atoms with Crippen molar-refractivity contribution in [2.45, 2.75) is 132 Å². The van der Waals surface area contributed by atoms with Gasteiger partial charge in [0.05, 0.1) is 6.10 Å². The lowest BCUT2D eigenvalue weighted by Crippen LogP contribution is -2.57. The number of rotatable bonds is 7. The molecular formula is C34H58O. The SMILES string of the molecule is C=C(C(C)C)[C@@H](CC)C[C@@H](C)[C@H]1CC[C@@]2(C)C3CCC4C(C)(C)[C@@H](OC)CC[C@@]45C[C@@]35CC[C@]12C. The average Bonchev–Trinajstić information content (AvgIpc) is 3.38. The van der Waals surface area contributed by atoms with Crippen molar-refractivity contribution in [3.8, 4) is 0 Å². The molecule has 0 bridgehead atoms. The molecule has 1 heteroatoms. The van der Waals surface area contributed by atoms with E-state index in [1.165, 1.54) is 69.8 Å². The summed E-state index contributed by atoms with van der Waals surface area (Å²) >= 11 is 0.